The van der Waals surface area contributed by atoms with Gasteiger partial charge in [0.05, 0.1) is 0 Å². The number of rotatable bonds is 5. The molecule has 0 fully saturated rings. The summed E-state index contributed by atoms with van der Waals surface area (Å²) in [6, 6.07) is -1.01. The van der Waals surface area contributed by atoms with Crippen LogP contribution >= 0.6 is 24.2 Å². The van der Waals surface area contributed by atoms with E-state index < -0.39 is 16.9 Å². The fraction of sp³-hybridized carbons (Fsp3) is 0.750. The van der Waals surface area contributed by atoms with Crippen molar-refractivity contribution in [3.8, 4) is 0 Å². The van der Waals surface area contributed by atoms with E-state index in [0.29, 0.717) is 0 Å². The summed E-state index contributed by atoms with van der Waals surface area (Å²) in [5.41, 5.74) is 5.06. The van der Waals surface area contributed by atoms with Gasteiger partial charge in [-0.15, -0.1) is 12.4 Å². The Hall–Kier alpha value is -0.530. The summed E-state index contributed by atoms with van der Waals surface area (Å²) in [6.07, 6.45) is 0. The maximum atomic E-state index is 10.1. The van der Waals surface area contributed by atoms with Gasteiger partial charge in [-0.25, -0.2) is 0 Å². The molecule has 0 saturated heterocycles. The lowest BCUT2D eigenvalue weighted by atomic mass is 10.4. The van der Waals surface area contributed by atoms with E-state index in [-0.39, 0.29) is 24.0 Å². The number of carbonyl (C=O) groups is 1. The topological polar surface area (TPSA) is 106 Å². The Balaban J connectivity index is 0. The average molecular weight is 217 g/mol. The van der Waals surface area contributed by atoms with Crippen LogP contribution in [0.5, 0.6) is 0 Å². The number of thioether (sulfide) groups is 1. The monoisotopic (exact) mass is 216 g/mol. The molecule has 1 atom stereocenters. The third-order valence-electron chi connectivity index (χ3n) is 0.811. The molecule has 0 bridgehead atoms. The van der Waals surface area contributed by atoms with Crippen molar-refractivity contribution in [1.29, 1.82) is 0 Å². The molecular formula is C4H9ClN2O4S. The second kappa shape index (κ2) is 7.14. The second-order valence-corrected chi connectivity index (χ2v) is 2.78. The number of nitrogens with zero attached hydrogens (tertiary/aromatic N) is 1. The highest BCUT2D eigenvalue weighted by Crippen LogP contribution is 2.00. The first-order valence-electron chi connectivity index (χ1n) is 2.72. The van der Waals surface area contributed by atoms with Gasteiger partial charge < -0.3 is 10.8 Å². The zero-order valence-corrected chi connectivity index (χ0v) is 7.64. The average Bonchev–Trinajstić information content (AvgIpc) is 1.86. The van der Waals surface area contributed by atoms with E-state index in [1.165, 1.54) is 0 Å². The number of hydrogen-bond donors (Lipinski definition) is 2. The van der Waals surface area contributed by atoms with Gasteiger partial charge in [-0.1, -0.05) is 11.8 Å². The Kier molecular flexibility index (Phi) is 8.34. The summed E-state index contributed by atoms with van der Waals surface area (Å²) in [7, 11) is 0. The predicted octanol–water partition coefficient (Wildman–Crippen LogP) is -0.213. The van der Waals surface area contributed by atoms with Crippen LogP contribution in [-0.4, -0.2) is 33.7 Å². The summed E-state index contributed by atoms with van der Waals surface area (Å²) >= 11 is 0.893. The van der Waals surface area contributed by atoms with Gasteiger partial charge in [-0.2, -0.15) is 0 Å². The SMILES string of the molecule is Cl.N[C@@H](CSC[N+](=O)[O-])C(=O)O. The Morgan fingerprint density at radius 2 is 2.25 bits per heavy atom. The number of hydrogen-bond acceptors (Lipinski definition) is 5. The summed E-state index contributed by atoms with van der Waals surface area (Å²) < 4.78 is 0. The maximum Gasteiger partial charge on any atom is 0.321 e. The fourth-order valence-corrected chi connectivity index (χ4v) is 0.976. The first kappa shape index (κ1) is 14.0. The lowest BCUT2D eigenvalue weighted by Crippen LogP contribution is -2.32. The smallest absolute Gasteiger partial charge is 0.321 e. The minimum atomic E-state index is -1.14. The first-order chi connectivity index (χ1) is 5.04. The molecule has 8 heteroatoms. The van der Waals surface area contributed by atoms with Crippen molar-refractivity contribution < 1.29 is 14.8 Å². The number of nitro groups is 1. The van der Waals surface area contributed by atoms with Crippen molar-refractivity contribution in [3.05, 3.63) is 10.1 Å². The lowest BCUT2D eigenvalue weighted by molar-refractivity contribution is -0.456. The molecule has 0 aliphatic rings. The molecule has 3 N–H and O–H groups in total. The molecule has 0 aromatic rings. The van der Waals surface area contributed by atoms with Crippen molar-refractivity contribution in [2.75, 3.05) is 11.6 Å². The molecule has 0 amide bonds. The summed E-state index contributed by atoms with van der Waals surface area (Å²) in [4.78, 5) is 19.3. The molecule has 0 aromatic heterocycles. The van der Waals surface area contributed by atoms with E-state index in [1.54, 1.807) is 0 Å². The summed E-state index contributed by atoms with van der Waals surface area (Å²) in [5, 5.41) is 18.0. The number of nitrogens with two attached hydrogens (primary N) is 1. The second-order valence-electron chi connectivity index (χ2n) is 1.78. The van der Waals surface area contributed by atoms with E-state index in [1.807, 2.05) is 0 Å². The Labute approximate surface area is 79.1 Å². The predicted molar refractivity (Wildman–Crippen MR) is 47.2 cm³/mol. The van der Waals surface area contributed by atoms with Gasteiger partial charge in [-0.3, -0.25) is 14.9 Å². The molecule has 0 saturated carbocycles. The molecule has 0 aliphatic carbocycles. The molecular weight excluding hydrogens is 208 g/mol. The van der Waals surface area contributed by atoms with Crippen LogP contribution in [0.25, 0.3) is 0 Å². The third-order valence-corrected chi connectivity index (χ3v) is 1.80. The van der Waals surface area contributed by atoms with Gasteiger partial charge in [0.25, 0.3) is 0 Å². The van der Waals surface area contributed by atoms with Crippen molar-refractivity contribution in [3.63, 3.8) is 0 Å². The van der Waals surface area contributed by atoms with E-state index in [9.17, 15) is 14.9 Å². The normalized spacial score (nSPS) is 11.4. The highest BCUT2D eigenvalue weighted by atomic mass is 35.5. The number of aliphatic carboxylic acids is 1. The summed E-state index contributed by atoms with van der Waals surface area (Å²) in [6.45, 7) is 0. The molecule has 6 nitrogen and oxygen atoms in total. The van der Waals surface area contributed by atoms with Crippen LogP contribution in [-0.2, 0) is 4.79 Å². The molecule has 12 heavy (non-hydrogen) atoms. The third kappa shape index (κ3) is 7.58. The van der Waals surface area contributed by atoms with E-state index >= 15 is 0 Å². The zero-order valence-electron chi connectivity index (χ0n) is 6.00. The van der Waals surface area contributed by atoms with E-state index in [0.717, 1.165) is 11.8 Å². The lowest BCUT2D eigenvalue weighted by Gasteiger charge is -2.01. The van der Waals surface area contributed by atoms with Crippen molar-refractivity contribution in [1.82, 2.24) is 0 Å². The molecule has 0 unspecified atom stereocenters. The number of carboxylic acids is 1. The van der Waals surface area contributed by atoms with Gasteiger partial charge >= 0.3 is 5.97 Å². The highest BCUT2D eigenvalue weighted by molar-refractivity contribution is 7.99. The Morgan fingerprint density at radius 3 is 2.58 bits per heavy atom. The van der Waals surface area contributed by atoms with Crippen LogP contribution < -0.4 is 5.73 Å². The molecule has 0 radical (unpaired) electrons. The Bertz CT molecular complexity index is 167. The fourth-order valence-electron chi connectivity index (χ4n) is 0.325. The zero-order chi connectivity index (χ0) is 8.85. The van der Waals surface area contributed by atoms with Gasteiger partial charge in [-0.05, 0) is 0 Å². The first-order valence-corrected chi connectivity index (χ1v) is 3.87. The summed E-state index contributed by atoms with van der Waals surface area (Å²) in [5.74, 6) is -1.38. The van der Waals surface area contributed by atoms with Crippen molar-refractivity contribution in [2.24, 2.45) is 5.73 Å². The number of carboxylic acid groups (broad SMARTS) is 1. The number of halogens is 1. The molecule has 0 heterocycles. The molecule has 0 spiro atoms. The van der Waals surface area contributed by atoms with E-state index in [2.05, 4.69) is 0 Å². The van der Waals surface area contributed by atoms with Crippen molar-refractivity contribution >= 4 is 30.1 Å². The highest BCUT2D eigenvalue weighted by Gasteiger charge is 2.12. The van der Waals surface area contributed by atoms with Gasteiger partial charge in [0, 0.05) is 10.7 Å². The van der Waals surface area contributed by atoms with Crippen LogP contribution in [0.15, 0.2) is 0 Å². The molecule has 0 aliphatic heterocycles. The van der Waals surface area contributed by atoms with Crippen LogP contribution in [0, 0.1) is 10.1 Å². The Morgan fingerprint density at radius 1 is 1.75 bits per heavy atom. The standard InChI is InChI=1S/C4H8N2O4S.ClH/c5-3(4(7)8)1-11-2-6(9)10;/h3H,1-2,5H2,(H,7,8);1H/t3-;/m0./s1. The quantitative estimate of drug-likeness (QED) is 0.374. The minimum absolute atomic E-state index is 0. The molecule has 72 valence electrons. The van der Waals surface area contributed by atoms with Gasteiger partial charge in [0.1, 0.15) is 6.04 Å². The maximum absolute atomic E-state index is 10.1. The van der Waals surface area contributed by atoms with Crippen LogP contribution in [0.3, 0.4) is 0 Å². The van der Waals surface area contributed by atoms with Crippen LogP contribution in [0.2, 0.25) is 0 Å². The largest absolute Gasteiger partial charge is 0.480 e. The molecule has 0 rings (SSSR count). The van der Waals surface area contributed by atoms with E-state index in [4.69, 9.17) is 10.8 Å². The van der Waals surface area contributed by atoms with Crippen LogP contribution in [0.1, 0.15) is 0 Å². The van der Waals surface area contributed by atoms with Gasteiger partial charge in [0.15, 0.2) is 0 Å². The van der Waals surface area contributed by atoms with Gasteiger partial charge in [0.2, 0.25) is 5.88 Å². The minimum Gasteiger partial charge on any atom is -0.480 e. The molecule has 0 aromatic carbocycles. The van der Waals surface area contributed by atoms with Crippen molar-refractivity contribution in [2.45, 2.75) is 6.04 Å². The van der Waals surface area contributed by atoms with Crippen LogP contribution in [0.4, 0.5) is 0 Å².